The zero-order chi connectivity index (χ0) is 17.7. The third-order valence-electron chi connectivity index (χ3n) is 4.78. The second-order valence-corrected chi connectivity index (χ2v) is 8.56. The van der Waals surface area contributed by atoms with Crippen molar-refractivity contribution >= 4 is 40.0 Å². The average molecular weight is 492 g/mol. The molecule has 0 radical (unpaired) electrons. The van der Waals surface area contributed by atoms with Gasteiger partial charge in [0.05, 0.1) is 11.4 Å². The van der Waals surface area contributed by atoms with Gasteiger partial charge in [0, 0.05) is 32.7 Å². The summed E-state index contributed by atoms with van der Waals surface area (Å²) < 4.78 is 26.7. The Bertz CT molecular complexity index is 694. The number of hydrogen-bond acceptors (Lipinski definition) is 3. The first kappa shape index (κ1) is 21.4. The fraction of sp³-hybridized carbons (Fsp3) is 0.611. The van der Waals surface area contributed by atoms with Crippen LogP contribution in [0.2, 0.25) is 0 Å². The second-order valence-electron chi connectivity index (χ2n) is 6.62. The zero-order valence-electron chi connectivity index (χ0n) is 15.4. The lowest BCUT2D eigenvalue weighted by atomic mass is 10.2. The van der Waals surface area contributed by atoms with E-state index >= 15 is 0 Å². The molecule has 0 atom stereocenters. The molecule has 0 unspecified atom stereocenters. The molecule has 2 saturated heterocycles. The van der Waals surface area contributed by atoms with Gasteiger partial charge in [-0.2, -0.15) is 4.31 Å². The Balaban J connectivity index is 0.00000243. The van der Waals surface area contributed by atoms with Gasteiger partial charge in [-0.1, -0.05) is 12.1 Å². The standard InChI is InChI=1S/C18H28N4O2S.HI/c1-2-19-18(21-11-3-4-12-21)20-15-16-7-9-17(10-8-16)25(23,24)22-13-5-6-14-22;/h7-10H,2-6,11-15H2,1H3,(H,19,20);1H. The van der Waals surface area contributed by atoms with E-state index in [-0.39, 0.29) is 24.0 Å². The number of sulfonamides is 1. The van der Waals surface area contributed by atoms with Gasteiger partial charge < -0.3 is 10.2 Å². The van der Waals surface area contributed by atoms with Crippen LogP contribution in [0.15, 0.2) is 34.2 Å². The first-order valence-electron chi connectivity index (χ1n) is 9.23. The summed E-state index contributed by atoms with van der Waals surface area (Å²) in [6.45, 7) is 6.86. The largest absolute Gasteiger partial charge is 0.357 e. The lowest BCUT2D eigenvalue weighted by Gasteiger charge is -2.20. The molecule has 2 heterocycles. The minimum absolute atomic E-state index is 0. The van der Waals surface area contributed by atoms with Gasteiger partial charge in [0.1, 0.15) is 0 Å². The molecule has 0 bridgehead atoms. The number of nitrogens with one attached hydrogen (secondary N) is 1. The summed E-state index contributed by atoms with van der Waals surface area (Å²) >= 11 is 0. The van der Waals surface area contributed by atoms with Gasteiger partial charge in [-0.05, 0) is 50.3 Å². The fourth-order valence-corrected chi connectivity index (χ4v) is 4.88. The quantitative estimate of drug-likeness (QED) is 0.390. The van der Waals surface area contributed by atoms with Crippen LogP contribution in [-0.2, 0) is 16.6 Å². The van der Waals surface area contributed by atoms with Crippen molar-refractivity contribution in [3.05, 3.63) is 29.8 Å². The maximum atomic E-state index is 12.6. The minimum Gasteiger partial charge on any atom is -0.357 e. The molecular formula is C18H29IN4O2S. The van der Waals surface area contributed by atoms with Gasteiger partial charge in [-0.15, -0.1) is 24.0 Å². The van der Waals surface area contributed by atoms with Crippen molar-refractivity contribution in [3.8, 4) is 0 Å². The molecule has 0 spiro atoms. The van der Waals surface area contributed by atoms with Crippen molar-refractivity contribution in [1.82, 2.24) is 14.5 Å². The summed E-state index contributed by atoms with van der Waals surface area (Å²) in [5, 5.41) is 3.34. The monoisotopic (exact) mass is 492 g/mol. The second kappa shape index (κ2) is 9.89. The van der Waals surface area contributed by atoms with Crippen molar-refractivity contribution in [1.29, 1.82) is 0 Å². The van der Waals surface area contributed by atoms with Crippen LogP contribution in [0.4, 0.5) is 0 Å². The van der Waals surface area contributed by atoms with Gasteiger partial charge in [0.15, 0.2) is 5.96 Å². The Kier molecular flexibility index (Phi) is 8.15. The number of rotatable bonds is 5. The molecule has 146 valence electrons. The Morgan fingerprint density at radius 1 is 1.04 bits per heavy atom. The first-order chi connectivity index (χ1) is 12.1. The van der Waals surface area contributed by atoms with Crippen molar-refractivity contribution in [2.45, 2.75) is 44.0 Å². The molecule has 0 aliphatic carbocycles. The maximum absolute atomic E-state index is 12.6. The summed E-state index contributed by atoms with van der Waals surface area (Å²) in [4.78, 5) is 7.38. The lowest BCUT2D eigenvalue weighted by Crippen LogP contribution is -2.39. The molecule has 26 heavy (non-hydrogen) atoms. The van der Waals surface area contributed by atoms with Crippen molar-refractivity contribution in [3.63, 3.8) is 0 Å². The first-order valence-corrected chi connectivity index (χ1v) is 10.7. The molecule has 0 amide bonds. The van der Waals surface area contributed by atoms with E-state index in [9.17, 15) is 8.42 Å². The van der Waals surface area contributed by atoms with E-state index in [2.05, 4.69) is 17.1 Å². The number of benzene rings is 1. The highest BCUT2D eigenvalue weighted by Gasteiger charge is 2.26. The van der Waals surface area contributed by atoms with E-state index in [0.29, 0.717) is 24.5 Å². The third-order valence-corrected chi connectivity index (χ3v) is 6.69. The van der Waals surface area contributed by atoms with E-state index < -0.39 is 10.0 Å². The minimum atomic E-state index is -3.33. The number of nitrogens with zero attached hydrogens (tertiary/aromatic N) is 3. The molecule has 0 aromatic heterocycles. The summed E-state index contributed by atoms with van der Waals surface area (Å²) in [6, 6.07) is 7.17. The molecule has 2 fully saturated rings. The summed E-state index contributed by atoms with van der Waals surface area (Å²) in [5.74, 6) is 0.953. The molecule has 2 aliphatic rings. The van der Waals surface area contributed by atoms with E-state index in [1.54, 1.807) is 16.4 Å². The number of likely N-dealkylation sites (tertiary alicyclic amines) is 1. The van der Waals surface area contributed by atoms with Gasteiger partial charge in [-0.25, -0.2) is 13.4 Å². The Morgan fingerprint density at radius 3 is 2.19 bits per heavy atom. The Labute approximate surface area is 174 Å². The van der Waals surface area contributed by atoms with Gasteiger partial charge in [0.25, 0.3) is 0 Å². The highest BCUT2D eigenvalue weighted by atomic mass is 127. The van der Waals surface area contributed by atoms with Crippen LogP contribution < -0.4 is 5.32 Å². The van der Waals surface area contributed by atoms with E-state index in [1.165, 1.54) is 12.8 Å². The molecule has 1 aromatic rings. The Hall–Kier alpha value is -0.870. The summed E-state index contributed by atoms with van der Waals surface area (Å²) in [7, 11) is -3.33. The van der Waals surface area contributed by atoms with E-state index in [4.69, 9.17) is 4.99 Å². The topological polar surface area (TPSA) is 65.0 Å². The van der Waals surface area contributed by atoms with Gasteiger partial charge in [-0.3, -0.25) is 0 Å². The van der Waals surface area contributed by atoms with Crippen LogP contribution in [0.3, 0.4) is 0 Å². The Morgan fingerprint density at radius 2 is 1.62 bits per heavy atom. The van der Waals surface area contributed by atoms with Crippen LogP contribution in [0.25, 0.3) is 0 Å². The fourth-order valence-electron chi connectivity index (χ4n) is 3.37. The van der Waals surface area contributed by atoms with Crippen LogP contribution >= 0.6 is 24.0 Å². The van der Waals surface area contributed by atoms with Crippen LogP contribution in [0, 0.1) is 0 Å². The normalized spacial score (nSPS) is 18.8. The number of guanidine groups is 1. The van der Waals surface area contributed by atoms with E-state index in [1.807, 2.05) is 12.1 Å². The van der Waals surface area contributed by atoms with Crippen LogP contribution in [0.5, 0.6) is 0 Å². The SMILES string of the molecule is CCNC(=NCc1ccc(S(=O)(=O)N2CCCC2)cc1)N1CCCC1.I. The molecular weight excluding hydrogens is 463 g/mol. The molecule has 2 aliphatic heterocycles. The van der Waals surface area contributed by atoms with Crippen LogP contribution in [0.1, 0.15) is 38.2 Å². The lowest BCUT2D eigenvalue weighted by molar-refractivity contribution is 0.477. The summed E-state index contributed by atoms with van der Waals surface area (Å²) in [5.41, 5.74) is 1.02. The molecule has 1 N–H and O–H groups in total. The molecule has 0 saturated carbocycles. The van der Waals surface area contributed by atoms with E-state index in [0.717, 1.165) is 44.0 Å². The van der Waals surface area contributed by atoms with Crippen molar-refractivity contribution < 1.29 is 8.42 Å². The predicted molar refractivity (Wildman–Crippen MR) is 115 cm³/mol. The highest BCUT2D eigenvalue weighted by Crippen LogP contribution is 2.21. The van der Waals surface area contributed by atoms with Crippen molar-refractivity contribution in [2.75, 3.05) is 32.7 Å². The van der Waals surface area contributed by atoms with Gasteiger partial charge >= 0.3 is 0 Å². The maximum Gasteiger partial charge on any atom is 0.243 e. The van der Waals surface area contributed by atoms with Gasteiger partial charge in [0.2, 0.25) is 10.0 Å². The number of aliphatic imine (C=N–C) groups is 1. The molecule has 1 aromatic carbocycles. The predicted octanol–water partition coefficient (Wildman–Crippen LogP) is 2.65. The third kappa shape index (κ3) is 5.10. The summed E-state index contributed by atoms with van der Waals surface area (Å²) in [6.07, 6.45) is 4.34. The smallest absolute Gasteiger partial charge is 0.243 e. The molecule has 3 rings (SSSR count). The molecule has 6 nitrogen and oxygen atoms in total. The average Bonchev–Trinajstić information content (AvgIpc) is 3.32. The number of halogens is 1. The van der Waals surface area contributed by atoms with Crippen molar-refractivity contribution in [2.24, 2.45) is 4.99 Å². The number of hydrogen-bond donors (Lipinski definition) is 1. The van der Waals surface area contributed by atoms with Crippen LogP contribution in [-0.4, -0.2) is 56.3 Å². The highest BCUT2D eigenvalue weighted by molar-refractivity contribution is 14.0. The zero-order valence-corrected chi connectivity index (χ0v) is 18.5. The molecule has 8 heteroatoms.